The van der Waals surface area contributed by atoms with Crippen LogP contribution in [0.2, 0.25) is 0 Å². The third-order valence-corrected chi connectivity index (χ3v) is 5.27. The molecule has 1 aliphatic heterocycles. The van der Waals surface area contributed by atoms with Crippen LogP contribution in [0.15, 0.2) is 54.7 Å². The molecule has 2 amide bonds. The molecule has 3 aromatic rings. The molecular formula is C23H24N4O3. The number of likely N-dealkylation sites (tertiary alicyclic amines) is 1. The lowest BCUT2D eigenvalue weighted by Crippen LogP contribution is -2.29. The van der Waals surface area contributed by atoms with Gasteiger partial charge in [-0.3, -0.25) is 9.59 Å². The molecule has 7 nitrogen and oxygen atoms in total. The molecule has 1 aliphatic rings. The Bertz CT molecular complexity index is 1070. The van der Waals surface area contributed by atoms with E-state index in [9.17, 15) is 9.59 Å². The normalized spacial score (nSPS) is 13.3. The Morgan fingerprint density at radius 2 is 1.77 bits per heavy atom. The number of amides is 2. The van der Waals surface area contributed by atoms with E-state index in [0.29, 0.717) is 17.0 Å². The number of para-hydroxylation sites is 2. The molecule has 30 heavy (non-hydrogen) atoms. The van der Waals surface area contributed by atoms with Crippen molar-refractivity contribution in [2.24, 2.45) is 0 Å². The van der Waals surface area contributed by atoms with Crippen LogP contribution < -0.4 is 10.1 Å². The highest BCUT2D eigenvalue weighted by Gasteiger charge is 2.25. The number of anilines is 1. The second-order valence-electron chi connectivity index (χ2n) is 7.28. The van der Waals surface area contributed by atoms with Crippen molar-refractivity contribution in [3.05, 3.63) is 71.5 Å². The average Bonchev–Trinajstić information content (AvgIpc) is 3.45. The number of nitrogens with one attached hydrogen (secondary N) is 1. The van der Waals surface area contributed by atoms with Gasteiger partial charge in [0.25, 0.3) is 11.8 Å². The number of aromatic nitrogens is 2. The summed E-state index contributed by atoms with van der Waals surface area (Å²) >= 11 is 0. The van der Waals surface area contributed by atoms with E-state index in [0.717, 1.165) is 37.2 Å². The highest BCUT2D eigenvalue weighted by molar-refractivity contribution is 6.10. The number of hydrogen-bond donors (Lipinski definition) is 1. The molecular weight excluding hydrogens is 380 g/mol. The van der Waals surface area contributed by atoms with Gasteiger partial charge in [0, 0.05) is 13.1 Å². The summed E-state index contributed by atoms with van der Waals surface area (Å²) < 4.78 is 6.98. The van der Waals surface area contributed by atoms with Crippen molar-refractivity contribution in [3.63, 3.8) is 0 Å². The number of aryl methyl sites for hydroxylation is 1. The minimum Gasteiger partial charge on any atom is -0.493 e. The second kappa shape index (κ2) is 8.41. The maximum Gasteiger partial charge on any atom is 0.280 e. The monoisotopic (exact) mass is 404 g/mol. The van der Waals surface area contributed by atoms with Gasteiger partial charge in [0.2, 0.25) is 0 Å². The minimum absolute atomic E-state index is 0.0618. The summed E-state index contributed by atoms with van der Waals surface area (Å²) in [7, 11) is 1.50. The molecule has 0 spiro atoms. The Morgan fingerprint density at radius 3 is 2.47 bits per heavy atom. The van der Waals surface area contributed by atoms with Crippen LogP contribution in [0.25, 0.3) is 5.69 Å². The zero-order valence-corrected chi connectivity index (χ0v) is 17.1. The molecule has 154 valence electrons. The summed E-state index contributed by atoms with van der Waals surface area (Å²) in [6, 6.07) is 14.9. The first-order valence-electron chi connectivity index (χ1n) is 9.98. The molecule has 0 radical (unpaired) electrons. The van der Waals surface area contributed by atoms with E-state index in [4.69, 9.17) is 4.74 Å². The number of carbonyl (C=O) groups excluding carboxylic acids is 2. The van der Waals surface area contributed by atoms with Crippen LogP contribution in [-0.4, -0.2) is 46.7 Å². The number of methoxy groups -OCH3 is 1. The van der Waals surface area contributed by atoms with Gasteiger partial charge in [0.1, 0.15) is 0 Å². The van der Waals surface area contributed by atoms with Crippen molar-refractivity contribution >= 4 is 17.5 Å². The fourth-order valence-electron chi connectivity index (χ4n) is 3.65. The highest BCUT2D eigenvalue weighted by atomic mass is 16.5. The molecule has 7 heteroatoms. The van der Waals surface area contributed by atoms with Crippen molar-refractivity contribution in [2.45, 2.75) is 19.8 Å². The van der Waals surface area contributed by atoms with Crippen LogP contribution in [0.1, 0.15) is 39.3 Å². The van der Waals surface area contributed by atoms with E-state index in [1.54, 1.807) is 16.9 Å². The lowest BCUT2D eigenvalue weighted by molar-refractivity contribution is 0.0793. The van der Waals surface area contributed by atoms with Crippen LogP contribution in [0, 0.1) is 6.92 Å². The second-order valence-corrected chi connectivity index (χ2v) is 7.28. The van der Waals surface area contributed by atoms with Gasteiger partial charge in [-0.1, -0.05) is 30.3 Å². The summed E-state index contributed by atoms with van der Waals surface area (Å²) in [5.74, 6) is -0.128. The topological polar surface area (TPSA) is 76.5 Å². The average molecular weight is 404 g/mol. The van der Waals surface area contributed by atoms with Crippen molar-refractivity contribution in [1.29, 1.82) is 0 Å². The Hall–Kier alpha value is -3.61. The quantitative estimate of drug-likeness (QED) is 0.704. The first-order valence-corrected chi connectivity index (χ1v) is 9.98. The molecule has 0 unspecified atom stereocenters. The number of hydrogen-bond acceptors (Lipinski definition) is 4. The van der Waals surface area contributed by atoms with Crippen molar-refractivity contribution < 1.29 is 14.3 Å². The van der Waals surface area contributed by atoms with E-state index in [1.165, 1.54) is 7.11 Å². The third kappa shape index (κ3) is 3.78. The van der Waals surface area contributed by atoms with E-state index in [-0.39, 0.29) is 11.6 Å². The van der Waals surface area contributed by atoms with E-state index < -0.39 is 5.91 Å². The van der Waals surface area contributed by atoms with Crippen molar-refractivity contribution in [3.8, 4) is 11.4 Å². The molecule has 0 saturated carbocycles. The Labute approximate surface area is 175 Å². The number of ether oxygens (including phenoxy) is 1. The van der Waals surface area contributed by atoms with Crippen LogP contribution >= 0.6 is 0 Å². The lowest BCUT2D eigenvalue weighted by atomic mass is 10.1. The third-order valence-electron chi connectivity index (χ3n) is 5.27. The van der Waals surface area contributed by atoms with Crippen molar-refractivity contribution in [2.75, 3.05) is 25.5 Å². The fraction of sp³-hybridized carbons (Fsp3) is 0.261. The summed E-state index contributed by atoms with van der Waals surface area (Å²) in [5.41, 5.74) is 2.79. The number of carbonyl (C=O) groups is 2. The molecule has 2 aromatic carbocycles. The number of nitrogens with zero attached hydrogens (tertiary/aromatic N) is 3. The molecule has 0 aliphatic carbocycles. The predicted octanol–water partition coefficient (Wildman–Crippen LogP) is 3.68. The minimum atomic E-state index is -0.425. The smallest absolute Gasteiger partial charge is 0.280 e. The highest BCUT2D eigenvalue weighted by Crippen LogP contribution is 2.26. The SMILES string of the molecule is COc1cn(-c2ccccc2)nc1C(=O)Nc1c(C)cccc1C(=O)N1CCCC1. The molecule has 1 fully saturated rings. The largest absolute Gasteiger partial charge is 0.493 e. The Kier molecular flexibility index (Phi) is 5.52. The van der Waals surface area contributed by atoms with E-state index in [1.807, 2.05) is 54.3 Å². The maximum atomic E-state index is 13.1. The lowest BCUT2D eigenvalue weighted by Gasteiger charge is -2.19. The van der Waals surface area contributed by atoms with Gasteiger partial charge < -0.3 is 15.0 Å². The standard InChI is InChI=1S/C23H24N4O3/c1-16-9-8-12-18(23(29)26-13-6-7-14-26)20(16)24-22(28)21-19(30-2)15-27(25-21)17-10-4-3-5-11-17/h3-5,8-12,15H,6-7,13-14H2,1-2H3,(H,24,28). The maximum absolute atomic E-state index is 13.1. The molecule has 0 bridgehead atoms. The summed E-state index contributed by atoms with van der Waals surface area (Å²) in [4.78, 5) is 27.9. The van der Waals surface area contributed by atoms with Crippen LogP contribution in [-0.2, 0) is 0 Å². The van der Waals surface area contributed by atoms with Crippen LogP contribution in [0.4, 0.5) is 5.69 Å². The van der Waals surface area contributed by atoms with E-state index in [2.05, 4.69) is 10.4 Å². The fourth-order valence-corrected chi connectivity index (χ4v) is 3.65. The first-order chi connectivity index (χ1) is 14.6. The van der Waals surface area contributed by atoms with Gasteiger partial charge in [-0.05, 0) is 43.5 Å². The Balaban J connectivity index is 1.65. The van der Waals surface area contributed by atoms with Gasteiger partial charge in [-0.25, -0.2) is 4.68 Å². The molecule has 4 rings (SSSR count). The first kappa shape index (κ1) is 19.7. The van der Waals surface area contributed by atoms with Gasteiger partial charge in [0.15, 0.2) is 11.4 Å². The number of rotatable bonds is 5. The van der Waals surface area contributed by atoms with Crippen LogP contribution in [0.3, 0.4) is 0 Å². The molecule has 1 N–H and O–H groups in total. The summed E-state index contributed by atoms with van der Waals surface area (Å²) in [5, 5.41) is 7.31. The molecule has 2 heterocycles. The van der Waals surface area contributed by atoms with E-state index >= 15 is 0 Å². The summed E-state index contributed by atoms with van der Waals surface area (Å²) in [6.07, 6.45) is 3.68. The predicted molar refractivity (Wildman–Crippen MR) is 114 cm³/mol. The molecule has 0 atom stereocenters. The zero-order chi connectivity index (χ0) is 21.1. The van der Waals surface area contributed by atoms with Gasteiger partial charge in [0.05, 0.1) is 30.2 Å². The summed E-state index contributed by atoms with van der Waals surface area (Å²) in [6.45, 7) is 3.36. The number of benzene rings is 2. The molecule has 1 saturated heterocycles. The molecule has 1 aromatic heterocycles. The van der Waals surface area contributed by atoms with Gasteiger partial charge in [-0.2, -0.15) is 5.10 Å². The zero-order valence-electron chi connectivity index (χ0n) is 17.1. The van der Waals surface area contributed by atoms with Crippen molar-refractivity contribution in [1.82, 2.24) is 14.7 Å². The van der Waals surface area contributed by atoms with Gasteiger partial charge >= 0.3 is 0 Å². The van der Waals surface area contributed by atoms with Gasteiger partial charge in [-0.15, -0.1) is 0 Å². The van der Waals surface area contributed by atoms with Crippen LogP contribution in [0.5, 0.6) is 5.75 Å². The Morgan fingerprint density at radius 1 is 1.03 bits per heavy atom.